The van der Waals surface area contributed by atoms with Gasteiger partial charge < -0.3 is 29.3 Å². The van der Waals surface area contributed by atoms with Crippen LogP contribution in [0, 0.1) is 0 Å². The number of β-amino-alcohol motifs (C(OH)–C–C–N with tert-alkyl or cyclic N) is 1. The Labute approximate surface area is 260 Å². The molecule has 3 aromatic rings. The van der Waals surface area contributed by atoms with E-state index in [1.807, 2.05) is 78.9 Å². The van der Waals surface area contributed by atoms with Crippen LogP contribution in [-0.4, -0.2) is 66.5 Å². The van der Waals surface area contributed by atoms with Gasteiger partial charge in [0.1, 0.15) is 17.1 Å². The first-order valence-corrected chi connectivity index (χ1v) is 15.5. The maximum atomic E-state index is 13.4. The van der Waals surface area contributed by atoms with Crippen LogP contribution in [-0.2, 0) is 19.9 Å². The number of rotatable bonds is 17. The summed E-state index contributed by atoms with van der Waals surface area (Å²) in [6.45, 7) is 0.533. The van der Waals surface area contributed by atoms with Crippen molar-refractivity contribution in [3.8, 4) is 11.5 Å². The molecule has 0 bridgehead atoms. The van der Waals surface area contributed by atoms with Crippen LogP contribution in [0.25, 0.3) is 0 Å². The number of carbonyl (C=O) groups is 2. The number of hydrogen-bond donors (Lipinski definition) is 2. The highest BCUT2D eigenvalue weighted by atomic mass is 16.5. The van der Waals surface area contributed by atoms with Crippen LogP contribution in [0.3, 0.4) is 0 Å². The number of carboxylic acid groups (broad SMARTS) is 1. The van der Waals surface area contributed by atoms with Gasteiger partial charge in [-0.3, -0.25) is 9.59 Å². The number of carboxylic acids is 1. The number of benzene rings is 3. The number of aliphatic hydroxyl groups excluding tert-OH is 1. The van der Waals surface area contributed by atoms with Crippen molar-refractivity contribution >= 4 is 11.9 Å². The molecule has 0 aromatic heterocycles. The molecule has 2 N–H and O–H groups in total. The van der Waals surface area contributed by atoms with E-state index in [0.717, 1.165) is 60.3 Å². The third-order valence-electron chi connectivity index (χ3n) is 8.41. The van der Waals surface area contributed by atoms with Gasteiger partial charge in [-0.05, 0) is 60.2 Å². The fraction of sp³-hybridized carbons (Fsp3) is 0.444. The van der Waals surface area contributed by atoms with Gasteiger partial charge in [0.2, 0.25) is 5.91 Å². The lowest BCUT2D eigenvalue weighted by atomic mass is 9.80. The summed E-state index contributed by atoms with van der Waals surface area (Å²) in [5.74, 6) is 0.749. The fourth-order valence-corrected chi connectivity index (χ4v) is 6.05. The van der Waals surface area contributed by atoms with E-state index in [4.69, 9.17) is 19.3 Å². The zero-order chi connectivity index (χ0) is 31.4. The van der Waals surface area contributed by atoms with E-state index in [2.05, 4.69) is 0 Å². The van der Waals surface area contributed by atoms with Crippen molar-refractivity contribution in [2.24, 2.45) is 0 Å². The van der Waals surface area contributed by atoms with Gasteiger partial charge in [-0.2, -0.15) is 0 Å². The molecule has 8 nitrogen and oxygen atoms in total. The summed E-state index contributed by atoms with van der Waals surface area (Å²) in [5.41, 5.74) is 1.77. The number of methoxy groups -OCH3 is 2. The Hall–Kier alpha value is -3.88. The summed E-state index contributed by atoms with van der Waals surface area (Å²) in [6.07, 6.45) is 5.69. The number of amides is 1. The number of unbranched alkanes of at least 4 members (excludes halogenated alkanes) is 5. The summed E-state index contributed by atoms with van der Waals surface area (Å²) < 4.78 is 17.9. The predicted molar refractivity (Wildman–Crippen MR) is 169 cm³/mol. The van der Waals surface area contributed by atoms with Crippen molar-refractivity contribution < 1.29 is 34.0 Å². The maximum absolute atomic E-state index is 13.4. The van der Waals surface area contributed by atoms with E-state index in [1.54, 1.807) is 19.1 Å². The third kappa shape index (κ3) is 8.39. The second-order valence-corrected chi connectivity index (χ2v) is 11.4. The zero-order valence-electron chi connectivity index (χ0n) is 25.8. The fourth-order valence-electron chi connectivity index (χ4n) is 6.05. The minimum atomic E-state index is -0.997. The average molecular weight is 604 g/mol. The van der Waals surface area contributed by atoms with E-state index >= 15 is 0 Å². The van der Waals surface area contributed by atoms with E-state index in [0.29, 0.717) is 25.8 Å². The summed E-state index contributed by atoms with van der Waals surface area (Å²) in [6, 6.07) is 25.5. The Morgan fingerprint density at radius 1 is 0.750 bits per heavy atom. The van der Waals surface area contributed by atoms with E-state index in [9.17, 15) is 14.7 Å². The first-order chi connectivity index (χ1) is 21.4. The van der Waals surface area contributed by atoms with Crippen molar-refractivity contribution in [1.82, 2.24) is 4.90 Å². The third-order valence-corrected chi connectivity index (χ3v) is 8.41. The minimum Gasteiger partial charge on any atom is -0.497 e. The van der Waals surface area contributed by atoms with Gasteiger partial charge in [0.15, 0.2) is 0 Å². The van der Waals surface area contributed by atoms with Crippen LogP contribution in [0.15, 0.2) is 78.9 Å². The highest BCUT2D eigenvalue weighted by molar-refractivity contribution is 5.77. The number of nitrogens with zero attached hydrogens (tertiary/aromatic N) is 1. The van der Waals surface area contributed by atoms with Crippen LogP contribution in [0.1, 0.15) is 74.5 Å². The summed E-state index contributed by atoms with van der Waals surface area (Å²) in [4.78, 5) is 25.8. The molecule has 1 saturated heterocycles. The van der Waals surface area contributed by atoms with Crippen molar-refractivity contribution in [1.29, 1.82) is 0 Å². The van der Waals surface area contributed by atoms with Gasteiger partial charge in [-0.1, -0.05) is 80.3 Å². The Morgan fingerprint density at radius 2 is 1.25 bits per heavy atom. The van der Waals surface area contributed by atoms with E-state index in [1.165, 1.54) is 0 Å². The number of aliphatic carboxylic acids is 1. The summed E-state index contributed by atoms with van der Waals surface area (Å²) in [5, 5.41) is 19.4. The lowest BCUT2D eigenvalue weighted by Gasteiger charge is -2.38. The normalized spacial score (nSPS) is 16.6. The standard InChI is InChI=1S/C36H45NO7/c1-42-32-20-16-28(17-21-32)36(27-12-8-7-9-13-27,29-18-22-33(43-2)23-19-29)44-26-30-24-31(38)25-37(30)34(39)14-10-5-3-4-6-11-15-35(40)41/h7-9,12-13,16-23,30-31,38H,3-6,10-11,14-15,24-26H2,1-2H3,(H,40,41)/t30-,31?/m1/s1. The maximum Gasteiger partial charge on any atom is 0.303 e. The topological polar surface area (TPSA) is 106 Å². The predicted octanol–water partition coefficient (Wildman–Crippen LogP) is 6.18. The second kappa shape index (κ2) is 16.3. The Morgan fingerprint density at radius 3 is 1.77 bits per heavy atom. The molecule has 0 aliphatic carbocycles. The molecule has 8 heteroatoms. The Balaban J connectivity index is 1.53. The number of carbonyl (C=O) groups excluding carboxylic acids is 1. The molecule has 1 fully saturated rings. The Bertz CT molecular complexity index is 1260. The van der Waals surface area contributed by atoms with E-state index in [-0.39, 0.29) is 25.0 Å². The molecule has 3 aromatic carbocycles. The minimum absolute atomic E-state index is 0.0280. The van der Waals surface area contributed by atoms with Crippen molar-refractivity contribution in [3.63, 3.8) is 0 Å². The molecule has 1 aliphatic heterocycles. The van der Waals surface area contributed by atoms with Gasteiger partial charge in [0, 0.05) is 19.4 Å². The van der Waals surface area contributed by atoms with Gasteiger partial charge in [0.25, 0.3) is 0 Å². The highest BCUT2D eigenvalue weighted by Gasteiger charge is 2.41. The quantitative estimate of drug-likeness (QED) is 0.140. The van der Waals surface area contributed by atoms with Gasteiger partial charge in [-0.15, -0.1) is 0 Å². The monoisotopic (exact) mass is 603 g/mol. The summed E-state index contributed by atoms with van der Waals surface area (Å²) >= 11 is 0. The molecule has 1 unspecified atom stereocenters. The summed E-state index contributed by atoms with van der Waals surface area (Å²) in [7, 11) is 3.28. The first-order valence-electron chi connectivity index (χ1n) is 15.5. The van der Waals surface area contributed by atoms with Crippen LogP contribution in [0.5, 0.6) is 11.5 Å². The molecule has 2 atom stereocenters. The van der Waals surface area contributed by atoms with Crippen LogP contribution in [0.2, 0.25) is 0 Å². The Kier molecular flexibility index (Phi) is 12.2. The van der Waals surface area contributed by atoms with Crippen LogP contribution >= 0.6 is 0 Å². The van der Waals surface area contributed by atoms with E-state index < -0.39 is 17.7 Å². The molecule has 0 radical (unpaired) electrons. The molecule has 1 aliphatic rings. The molecule has 0 spiro atoms. The van der Waals surface area contributed by atoms with Crippen molar-refractivity contribution in [3.05, 3.63) is 95.6 Å². The van der Waals surface area contributed by atoms with Gasteiger partial charge in [-0.25, -0.2) is 0 Å². The number of ether oxygens (including phenoxy) is 3. The first kappa shape index (κ1) is 33.0. The lowest BCUT2D eigenvalue weighted by Crippen LogP contribution is -2.42. The average Bonchev–Trinajstić information content (AvgIpc) is 3.43. The highest BCUT2D eigenvalue weighted by Crippen LogP contribution is 2.42. The molecular formula is C36H45NO7. The molecule has 1 heterocycles. The SMILES string of the molecule is COc1ccc(C(OC[C@H]2CC(O)CN2C(=O)CCCCCCCCC(=O)O)(c2ccccc2)c2ccc(OC)cc2)cc1. The van der Waals surface area contributed by atoms with Crippen LogP contribution in [0.4, 0.5) is 0 Å². The number of likely N-dealkylation sites (tertiary alicyclic amines) is 1. The molecule has 0 saturated carbocycles. The van der Waals surface area contributed by atoms with Gasteiger partial charge >= 0.3 is 5.97 Å². The molecular weight excluding hydrogens is 558 g/mol. The lowest BCUT2D eigenvalue weighted by molar-refractivity contribution is -0.137. The molecule has 236 valence electrons. The van der Waals surface area contributed by atoms with Gasteiger partial charge in [0.05, 0.1) is 33.0 Å². The molecule has 1 amide bonds. The van der Waals surface area contributed by atoms with Crippen LogP contribution < -0.4 is 9.47 Å². The largest absolute Gasteiger partial charge is 0.497 e. The smallest absolute Gasteiger partial charge is 0.303 e. The van der Waals surface area contributed by atoms with Crippen molar-refractivity contribution in [2.75, 3.05) is 27.4 Å². The molecule has 44 heavy (non-hydrogen) atoms. The molecule has 4 rings (SSSR count). The zero-order valence-corrected chi connectivity index (χ0v) is 25.8. The van der Waals surface area contributed by atoms with Crippen molar-refractivity contribution in [2.45, 2.75) is 75.5 Å². The number of aliphatic hydroxyl groups is 1. The number of hydrogen-bond acceptors (Lipinski definition) is 6. The second-order valence-electron chi connectivity index (χ2n) is 11.4.